The fraction of sp³-hybridized carbons (Fsp3) is 0.421. The van der Waals surface area contributed by atoms with Gasteiger partial charge in [0, 0.05) is 35.7 Å². The topological polar surface area (TPSA) is 47.3 Å². The lowest BCUT2D eigenvalue weighted by atomic mass is 9.62. The van der Waals surface area contributed by atoms with Crippen molar-refractivity contribution in [2.45, 2.75) is 45.7 Å². The summed E-state index contributed by atoms with van der Waals surface area (Å²) in [5.74, 6) is 0. The average molecular weight is 324 g/mol. The van der Waals surface area contributed by atoms with Crippen LogP contribution in [0.15, 0.2) is 36.7 Å². The Balaban J connectivity index is 2.02. The SMILES string of the molecule is CB(OC(C)(C)C(C)(C)O)c1ccc2c3cnccc3n(C)c2c1. The monoisotopic (exact) mass is 324 g/mol. The zero-order chi connectivity index (χ0) is 17.7. The van der Waals surface area contributed by atoms with E-state index in [-0.39, 0.29) is 6.92 Å². The molecule has 0 saturated heterocycles. The van der Waals surface area contributed by atoms with E-state index in [1.807, 2.05) is 39.1 Å². The largest absolute Gasteiger partial charge is 0.423 e. The van der Waals surface area contributed by atoms with Crippen LogP contribution < -0.4 is 5.46 Å². The summed E-state index contributed by atoms with van der Waals surface area (Å²) in [6, 6.07) is 8.43. The third kappa shape index (κ3) is 2.72. The fourth-order valence-corrected chi connectivity index (χ4v) is 2.98. The van der Waals surface area contributed by atoms with Gasteiger partial charge in [0.05, 0.1) is 16.7 Å². The van der Waals surface area contributed by atoms with Gasteiger partial charge in [0.1, 0.15) is 0 Å². The Morgan fingerprint density at radius 3 is 2.46 bits per heavy atom. The number of benzene rings is 1. The molecule has 0 spiro atoms. The van der Waals surface area contributed by atoms with Gasteiger partial charge in [0.15, 0.2) is 0 Å². The van der Waals surface area contributed by atoms with Gasteiger partial charge in [-0.15, -0.1) is 0 Å². The summed E-state index contributed by atoms with van der Waals surface area (Å²) in [4.78, 5) is 4.24. The van der Waals surface area contributed by atoms with Crippen molar-refractivity contribution in [1.29, 1.82) is 0 Å². The summed E-state index contributed by atoms with van der Waals surface area (Å²) in [7, 11) is 2.07. The molecule has 5 heteroatoms. The minimum atomic E-state index is -0.920. The molecule has 1 N–H and O–H groups in total. The van der Waals surface area contributed by atoms with Crippen molar-refractivity contribution in [2.24, 2.45) is 7.05 Å². The van der Waals surface area contributed by atoms with Crippen LogP contribution in [0.1, 0.15) is 27.7 Å². The van der Waals surface area contributed by atoms with E-state index in [0.29, 0.717) is 0 Å². The molecule has 3 rings (SSSR count). The molecule has 1 aromatic carbocycles. The van der Waals surface area contributed by atoms with Crippen molar-refractivity contribution in [3.63, 3.8) is 0 Å². The molecule has 3 aromatic rings. The number of hydrogen-bond acceptors (Lipinski definition) is 3. The maximum absolute atomic E-state index is 10.3. The van der Waals surface area contributed by atoms with Gasteiger partial charge < -0.3 is 14.3 Å². The molecule has 0 aliphatic rings. The Labute approximate surface area is 143 Å². The van der Waals surface area contributed by atoms with Gasteiger partial charge in [-0.25, -0.2) is 0 Å². The minimum absolute atomic E-state index is 0.119. The van der Waals surface area contributed by atoms with E-state index in [0.717, 1.165) is 16.4 Å². The number of pyridine rings is 1. The average Bonchev–Trinajstić information content (AvgIpc) is 2.79. The van der Waals surface area contributed by atoms with Crippen LogP contribution in [0.2, 0.25) is 6.82 Å². The molecular weight excluding hydrogens is 299 g/mol. The zero-order valence-corrected chi connectivity index (χ0v) is 15.3. The summed E-state index contributed by atoms with van der Waals surface area (Å²) >= 11 is 0. The van der Waals surface area contributed by atoms with Gasteiger partial charge in [-0.2, -0.15) is 0 Å². The van der Waals surface area contributed by atoms with Gasteiger partial charge >= 0.3 is 6.92 Å². The fourth-order valence-electron chi connectivity index (χ4n) is 2.98. The van der Waals surface area contributed by atoms with Crippen molar-refractivity contribution >= 4 is 34.2 Å². The van der Waals surface area contributed by atoms with Crippen LogP contribution in [0.5, 0.6) is 0 Å². The number of nitrogens with zero attached hydrogens (tertiary/aromatic N) is 2. The van der Waals surface area contributed by atoms with E-state index < -0.39 is 11.2 Å². The van der Waals surface area contributed by atoms with Crippen LogP contribution in [0.25, 0.3) is 21.8 Å². The maximum Gasteiger partial charge on any atom is 0.324 e. The van der Waals surface area contributed by atoms with E-state index in [1.54, 1.807) is 13.8 Å². The highest BCUT2D eigenvalue weighted by Crippen LogP contribution is 2.28. The second-order valence-electron chi connectivity index (χ2n) is 7.56. The first kappa shape index (κ1) is 17.0. The van der Waals surface area contributed by atoms with Crippen molar-refractivity contribution in [3.05, 3.63) is 36.7 Å². The molecule has 0 saturated carbocycles. The molecule has 2 aromatic heterocycles. The maximum atomic E-state index is 10.3. The van der Waals surface area contributed by atoms with E-state index in [4.69, 9.17) is 4.65 Å². The van der Waals surface area contributed by atoms with Crippen LogP contribution in [-0.2, 0) is 11.7 Å². The van der Waals surface area contributed by atoms with Crippen molar-refractivity contribution in [1.82, 2.24) is 9.55 Å². The molecule has 0 fully saturated rings. The summed E-state index contributed by atoms with van der Waals surface area (Å²) in [5, 5.41) is 12.7. The van der Waals surface area contributed by atoms with Gasteiger partial charge in [-0.1, -0.05) is 19.0 Å². The first-order valence-electron chi connectivity index (χ1n) is 8.34. The van der Waals surface area contributed by atoms with Crippen LogP contribution in [-0.4, -0.2) is 32.8 Å². The third-order valence-electron chi connectivity index (χ3n) is 5.25. The predicted molar refractivity (Wildman–Crippen MR) is 101 cm³/mol. The van der Waals surface area contributed by atoms with Crippen molar-refractivity contribution in [2.75, 3.05) is 0 Å². The molecule has 0 bridgehead atoms. The Morgan fingerprint density at radius 1 is 1.08 bits per heavy atom. The van der Waals surface area contributed by atoms with E-state index >= 15 is 0 Å². The molecule has 24 heavy (non-hydrogen) atoms. The highest BCUT2D eigenvalue weighted by atomic mass is 16.5. The van der Waals surface area contributed by atoms with E-state index in [1.165, 1.54) is 10.9 Å². The first-order valence-corrected chi connectivity index (χ1v) is 8.34. The highest BCUT2D eigenvalue weighted by molar-refractivity contribution is 6.66. The number of aryl methyl sites for hydroxylation is 1. The molecule has 4 nitrogen and oxygen atoms in total. The second-order valence-corrected chi connectivity index (χ2v) is 7.56. The molecule has 0 atom stereocenters. The smallest absolute Gasteiger partial charge is 0.324 e. The predicted octanol–water partition coefficient (Wildman–Crippen LogP) is 3.12. The highest BCUT2D eigenvalue weighted by Gasteiger charge is 2.38. The van der Waals surface area contributed by atoms with Crippen molar-refractivity contribution in [3.8, 4) is 0 Å². The minimum Gasteiger partial charge on any atom is -0.423 e. The quantitative estimate of drug-likeness (QED) is 0.750. The Bertz CT molecular complexity index is 893. The molecule has 0 amide bonds. The van der Waals surface area contributed by atoms with Gasteiger partial charge in [0.25, 0.3) is 0 Å². The van der Waals surface area contributed by atoms with Gasteiger partial charge in [-0.05, 0) is 45.3 Å². The lowest BCUT2D eigenvalue weighted by Crippen LogP contribution is -2.52. The number of fused-ring (bicyclic) bond motifs is 3. The number of aromatic nitrogens is 2. The van der Waals surface area contributed by atoms with Gasteiger partial charge in [-0.3, -0.25) is 4.98 Å². The van der Waals surface area contributed by atoms with Crippen LogP contribution >= 0.6 is 0 Å². The van der Waals surface area contributed by atoms with Crippen LogP contribution in [0.4, 0.5) is 0 Å². The number of aliphatic hydroxyl groups is 1. The standard InChI is InChI=1S/C19H25BN2O2/c1-18(2,23)19(3,4)24-20(5)13-7-8-14-15-12-21-10-9-16(15)22(6)17(14)11-13/h7-12,23H,1-6H3. The molecule has 0 unspecified atom stereocenters. The molecule has 0 aliphatic heterocycles. The van der Waals surface area contributed by atoms with Crippen molar-refractivity contribution < 1.29 is 9.76 Å². The van der Waals surface area contributed by atoms with Gasteiger partial charge in [0.2, 0.25) is 0 Å². The normalized spacial score (nSPS) is 13.0. The molecule has 2 heterocycles. The summed E-state index contributed by atoms with van der Waals surface area (Å²) in [6.07, 6.45) is 3.73. The molecule has 0 radical (unpaired) electrons. The van der Waals surface area contributed by atoms with Crippen LogP contribution in [0.3, 0.4) is 0 Å². The summed E-state index contributed by atoms with van der Waals surface area (Å²) < 4.78 is 8.36. The Kier molecular flexibility index (Phi) is 3.97. The summed E-state index contributed by atoms with van der Waals surface area (Å²) in [6.45, 7) is 9.31. The zero-order valence-electron chi connectivity index (χ0n) is 15.3. The van der Waals surface area contributed by atoms with E-state index in [2.05, 4.69) is 34.8 Å². The summed E-state index contributed by atoms with van der Waals surface area (Å²) in [5.41, 5.74) is 1.86. The first-order chi connectivity index (χ1) is 11.1. The third-order valence-corrected chi connectivity index (χ3v) is 5.25. The van der Waals surface area contributed by atoms with Crippen LogP contribution in [0, 0.1) is 0 Å². The Hall–Kier alpha value is -1.85. The molecule has 0 aliphatic carbocycles. The second kappa shape index (κ2) is 5.61. The molecular formula is C19H25BN2O2. The number of rotatable bonds is 4. The lowest BCUT2D eigenvalue weighted by molar-refractivity contribution is -0.0918. The molecule has 126 valence electrons. The number of hydrogen-bond donors (Lipinski definition) is 1. The van der Waals surface area contributed by atoms with E-state index in [9.17, 15) is 5.11 Å². The Morgan fingerprint density at radius 2 is 1.79 bits per heavy atom. The lowest BCUT2D eigenvalue weighted by Gasteiger charge is -2.39.